The first-order chi connectivity index (χ1) is 15.1. The molecule has 6 nitrogen and oxygen atoms in total. The van der Waals surface area contributed by atoms with Crippen LogP contribution in [-0.4, -0.2) is 42.0 Å². The Morgan fingerprint density at radius 3 is 2.16 bits per heavy atom. The van der Waals surface area contributed by atoms with Crippen LogP contribution in [0.2, 0.25) is 0 Å². The van der Waals surface area contributed by atoms with Gasteiger partial charge in [-0.25, -0.2) is 0 Å². The quantitative estimate of drug-likeness (QED) is 0.553. The Morgan fingerprint density at radius 2 is 1.59 bits per heavy atom. The lowest BCUT2D eigenvalue weighted by molar-refractivity contribution is -0.141. The minimum Gasteiger partial charge on any atom is -0.497 e. The van der Waals surface area contributed by atoms with Gasteiger partial charge < -0.3 is 19.7 Å². The molecule has 0 fully saturated rings. The summed E-state index contributed by atoms with van der Waals surface area (Å²) in [6.07, 6.45) is 0.870. The minimum absolute atomic E-state index is 0.0788. The number of amides is 2. The number of rotatable bonds is 10. The molecule has 2 rings (SSSR count). The summed E-state index contributed by atoms with van der Waals surface area (Å²) < 4.78 is 11.0. The first-order valence-electron chi connectivity index (χ1n) is 11.0. The van der Waals surface area contributed by atoms with Crippen molar-refractivity contribution in [3.8, 4) is 11.5 Å². The lowest BCUT2D eigenvalue weighted by atomic mass is 10.1. The van der Waals surface area contributed by atoms with E-state index < -0.39 is 6.04 Å². The molecule has 174 valence electrons. The molecule has 2 aromatic carbocycles. The predicted molar refractivity (Wildman–Crippen MR) is 127 cm³/mol. The molecular formula is C26H36N2O4. The van der Waals surface area contributed by atoms with Crippen LogP contribution >= 0.6 is 0 Å². The van der Waals surface area contributed by atoms with Gasteiger partial charge in [-0.3, -0.25) is 9.59 Å². The van der Waals surface area contributed by atoms with Crippen molar-refractivity contribution in [2.24, 2.45) is 0 Å². The van der Waals surface area contributed by atoms with Crippen molar-refractivity contribution in [1.29, 1.82) is 0 Å². The van der Waals surface area contributed by atoms with E-state index >= 15 is 0 Å². The van der Waals surface area contributed by atoms with Crippen molar-refractivity contribution < 1.29 is 19.1 Å². The van der Waals surface area contributed by atoms with Crippen LogP contribution in [0.3, 0.4) is 0 Å². The van der Waals surface area contributed by atoms with Gasteiger partial charge >= 0.3 is 0 Å². The predicted octanol–water partition coefficient (Wildman–Crippen LogP) is 4.49. The maximum absolute atomic E-state index is 13.1. The largest absolute Gasteiger partial charge is 0.497 e. The van der Waals surface area contributed by atoms with E-state index in [0.717, 1.165) is 17.1 Å². The molecule has 0 radical (unpaired) electrons. The van der Waals surface area contributed by atoms with E-state index in [4.69, 9.17) is 9.47 Å². The highest BCUT2D eigenvalue weighted by Gasteiger charge is 2.28. The first-order valence-corrected chi connectivity index (χ1v) is 11.0. The molecule has 1 N–H and O–H groups in total. The fraction of sp³-hybridized carbons (Fsp3) is 0.462. The molecule has 32 heavy (non-hydrogen) atoms. The molecule has 1 atom stereocenters. The monoisotopic (exact) mass is 440 g/mol. The maximum atomic E-state index is 13.1. The molecule has 0 aliphatic carbocycles. The number of ether oxygens (including phenoxy) is 2. The van der Waals surface area contributed by atoms with Crippen LogP contribution in [0.25, 0.3) is 0 Å². The van der Waals surface area contributed by atoms with E-state index in [-0.39, 0.29) is 17.4 Å². The summed E-state index contributed by atoms with van der Waals surface area (Å²) >= 11 is 0. The summed E-state index contributed by atoms with van der Waals surface area (Å²) in [6.45, 7) is 10.4. The molecule has 0 spiro atoms. The van der Waals surface area contributed by atoms with E-state index in [1.54, 1.807) is 18.9 Å². The number of hydrogen-bond acceptors (Lipinski definition) is 4. The van der Waals surface area contributed by atoms with E-state index in [2.05, 4.69) is 5.32 Å². The molecule has 0 saturated heterocycles. The fourth-order valence-electron chi connectivity index (χ4n) is 3.18. The summed E-state index contributed by atoms with van der Waals surface area (Å²) in [5.74, 6) is 1.29. The van der Waals surface area contributed by atoms with Crippen LogP contribution in [0, 0.1) is 6.92 Å². The molecular weight excluding hydrogens is 404 g/mol. The number of carbonyl (C=O) groups is 2. The molecule has 2 aromatic rings. The highest BCUT2D eigenvalue weighted by atomic mass is 16.5. The lowest BCUT2D eigenvalue weighted by Crippen LogP contribution is -2.52. The number of nitrogens with one attached hydrogen (secondary N) is 1. The first kappa shape index (κ1) is 25.2. The second-order valence-corrected chi connectivity index (χ2v) is 9.05. The van der Waals surface area contributed by atoms with Gasteiger partial charge in [0.15, 0.2) is 0 Å². The normalized spacial score (nSPS) is 12.1. The van der Waals surface area contributed by atoms with Gasteiger partial charge in [0.05, 0.1) is 13.7 Å². The number of aryl methyl sites for hydroxylation is 1. The number of methoxy groups -OCH3 is 1. The van der Waals surface area contributed by atoms with Gasteiger partial charge in [0.2, 0.25) is 11.8 Å². The molecule has 0 aliphatic heterocycles. The van der Waals surface area contributed by atoms with Crippen molar-refractivity contribution in [2.75, 3.05) is 13.7 Å². The van der Waals surface area contributed by atoms with Crippen molar-refractivity contribution in [2.45, 2.75) is 65.6 Å². The second kappa shape index (κ2) is 11.6. The SMILES string of the molecule is COc1ccc(CN(C(=O)CCCOc2ccc(C)cc2)[C@@H](C)C(=O)NC(C)(C)C)cc1. The molecule has 0 heterocycles. The van der Waals surface area contributed by atoms with Crippen LogP contribution in [0.5, 0.6) is 11.5 Å². The smallest absolute Gasteiger partial charge is 0.242 e. The Bertz CT molecular complexity index is 870. The van der Waals surface area contributed by atoms with Crippen LogP contribution in [-0.2, 0) is 16.1 Å². The molecule has 6 heteroatoms. The molecule has 2 amide bonds. The highest BCUT2D eigenvalue weighted by molar-refractivity contribution is 5.87. The zero-order valence-electron chi connectivity index (χ0n) is 20.1. The Morgan fingerprint density at radius 1 is 1.00 bits per heavy atom. The van der Waals surface area contributed by atoms with Gasteiger partial charge in [0, 0.05) is 18.5 Å². The highest BCUT2D eigenvalue weighted by Crippen LogP contribution is 2.17. The standard InChI is InChI=1S/C26H36N2O4/c1-19-9-13-23(14-10-19)32-17-7-8-24(29)28(20(2)25(30)27-26(3,4)5)18-21-11-15-22(31-6)16-12-21/h9-16,20H,7-8,17-18H2,1-6H3,(H,27,30)/t20-/m0/s1. The van der Waals surface area contributed by atoms with Gasteiger partial charge in [-0.1, -0.05) is 29.8 Å². The van der Waals surface area contributed by atoms with Crippen LogP contribution in [0.15, 0.2) is 48.5 Å². The van der Waals surface area contributed by atoms with Crippen molar-refractivity contribution in [3.63, 3.8) is 0 Å². The molecule has 0 aliphatic rings. The Balaban J connectivity index is 2.03. The van der Waals surface area contributed by atoms with Crippen molar-refractivity contribution in [3.05, 3.63) is 59.7 Å². The molecule has 0 saturated carbocycles. The van der Waals surface area contributed by atoms with Crippen LogP contribution in [0.4, 0.5) is 0 Å². The summed E-state index contributed by atoms with van der Waals surface area (Å²) in [7, 11) is 1.61. The number of benzene rings is 2. The maximum Gasteiger partial charge on any atom is 0.242 e. The van der Waals surface area contributed by atoms with Gasteiger partial charge in [-0.2, -0.15) is 0 Å². The van der Waals surface area contributed by atoms with Crippen LogP contribution in [0.1, 0.15) is 51.7 Å². The van der Waals surface area contributed by atoms with Gasteiger partial charge in [0.25, 0.3) is 0 Å². The second-order valence-electron chi connectivity index (χ2n) is 9.05. The minimum atomic E-state index is -0.596. The molecule has 0 bridgehead atoms. The topological polar surface area (TPSA) is 67.9 Å². The van der Waals surface area contributed by atoms with E-state index in [9.17, 15) is 9.59 Å². The number of carbonyl (C=O) groups excluding carboxylic acids is 2. The van der Waals surface area contributed by atoms with Crippen molar-refractivity contribution in [1.82, 2.24) is 10.2 Å². The zero-order chi connectivity index (χ0) is 23.7. The third kappa shape index (κ3) is 8.25. The van der Waals surface area contributed by atoms with Gasteiger partial charge in [0.1, 0.15) is 17.5 Å². The Kier molecular flexibility index (Phi) is 9.12. The fourth-order valence-corrected chi connectivity index (χ4v) is 3.18. The van der Waals surface area contributed by atoms with E-state index in [1.165, 1.54) is 5.56 Å². The summed E-state index contributed by atoms with van der Waals surface area (Å²) in [4.78, 5) is 27.5. The summed E-state index contributed by atoms with van der Waals surface area (Å²) in [6, 6.07) is 14.8. The van der Waals surface area contributed by atoms with Gasteiger partial charge in [-0.05, 0) is 70.9 Å². The summed E-state index contributed by atoms with van der Waals surface area (Å²) in [5.41, 5.74) is 1.73. The van der Waals surface area contributed by atoms with E-state index in [0.29, 0.717) is 26.0 Å². The van der Waals surface area contributed by atoms with E-state index in [1.807, 2.05) is 76.2 Å². The van der Waals surface area contributed by atoms with Crippen LogP contribution < -0.4 is 14.8 Å². The third-order valence-corrected chi connectivity index (χ3v) is 5.00. The number of nitrogens with zero attached hydrogens (tertiary/aromatic N) is 1. The molecule has 0 aromatic heterocycles. The summed E-state index contributed by atoms with van der Waals surface area (Å²) in [5, 5.41) is 2.97. The Hall–Kier alpha value is -3.02. The number of hydrogen-bond donors (Lipinski definition) is 1. The zero-order valence-corrected chi connectivity index (χ0v) is 20.1. The van der Waals surface area contributed by atoms with Gasteiger partial charge in [-0.15, -0.1) is 0 Å². The Labute approximate surface area is 191 Å². The molecule has 0 unspecified atom stereocenters. The lowest BCUT2D eigenvalue weighted by Gasteiger charge is -2.31. The third-order valence-electron chi connectivity index (χ3n) is 5.00. The average Bonchev–Trinajstić information content (AvgIpc) is 2.75. The average molecular weight is 441 g/mol. The van der Waals surface area contributed by atoms with Crippen molar-refractivity contribution >= 4 is 11.8 Å².